The SMILES string of the molecule is Cn1c[n+](-c2cccc(-[n+]3c[nH][n+](C)c3)c2)cn1. The van der Waals surface area contributed by atoms with Crippen molar-refractivity contribution in [3.63, 3.8) is 0 Å². The topological polar surface area (TPSA) is 45.2 Å². The molecule has 0 aliphatic carbocycles. The third-order valence-corrected chi connectivity index (χ3v) is 2.77. The van der Waals surface area contributed by atoms with Crippen LogP contribution >= 0.6 is 0 Å². The van der Waals surface area contributed by atoms with E-state index in [2.05, 4.69) is 28.4 Å². The molecule has 0 amide bonds. The lowest BCUT2D eigenvalue weighted by atomic mass is 10.3. The monoisotopic (exact) mass is 243 g/mol. The van der Waals surface area contributed by atoms with Gasteiger partial charge in [-0.05, 0) is 21.9 Å². The molecule has 0 saturated carbocycles. The zero-order valence-electron chi connectivity index (χ0n) is 10.4. The maximum Gasteiger partial charge on any atom is 0.350 e. The average molecular weight is 243 g/mol. The zero-order valence-corrected chi connectivity index (χ0v) is 10.4. The van der Waals surface area contributed by atoms with Crippen molar-refractivity contribution < 1.29 is 13.8 Å². The summed E-state index contributed by atoms with van der Waals surface area (Å²) >= 11 is 0. The first-order valence-electron chi connectivity index (χ1n) is 5.68. The van der Waals surface area contributed by atoms with Gasteiger partial charge >= 0.3 is 12.7 Å². The predicted octanol–water partition coefficient (Wildman–Crippen LogP) is -0.874. The van der Waals surface area contributed by atoms with Crippen LogP contribution in [0.4, 0.5) is 0 Å². The fourth-order valence-corrected chi connectivity index (χ4v) is 1.87. The molecule has 3 rings (SSSR count). The third kappa shape index (κ3) is 1.88. The second-order valence-corrected chi connectivity index (χ2v) is 4.24. The van der Waals surface area contributed by atoms with Crippen molar-refractivity contribution in [2.45, 2.75) is 0 Å². The highest BCUT2D eigenvalue weighted by Gasteiger charge is 2.12. The number of benzene rings is 1. The van der Waals surface area contributed by atoms with E-state index in [0.29, 0.717) is 0 Å². The average Bonchev–Trinajstić information content (AvgIpc) is 2.98. The Morgan fingerprint density at radius 1 is 1.22 bits per heavy atom. The predicted molar refractivity (Wildman–Crippen MR) is 61.8 cm³/mol. The van der Waals surface area contributed by atoms with Crippen molar-refractivity contribution >= 4 is 0 Å². The molecule has 0 atom stereocenters. The minimum atomic E-state index is 1.08. The molecular formula is C12H15N6+3. The number of nitrogens with zero attached hydrogens (tertiary/aromatic N) is 5. The Balaban J connectivity index is 2.04. The highest BCUT2D eigenvalue weighted by atomic mass is 15.3. The van der Waals surface area contributed by atoms with E-state index in [1.165, 1.54) is 0 Å². The number of aromatic nitrogens is 6. The highest BCUT2D eigenvalue weighted by molar-refractivity contribution is 5.32. The summed E-state index contributed by atoms with van der Waals surface area (Å²) in [5, 5.41) is 7.25. The van der Waals surface area contributed by atoms with Crippen LogP contribution in [0.5, 0.6) is 0 Å². The van der Waals surface area contributed by atoms with Gasteiger partial charge in [0.15, 0.2) is 5.69 Å². The van der Waals surface area contributed by atoms with E-state index in [1.54, 1.807) is 11.0 Å². The van der Waals surface area contributed by atoms with E-state index in [0.717, 1.165) is 11.4 Å². The van der Waals surface area contributed by atoms with E-state index in [-0.39, 0.29) is 0 Å². The lowest BCUT2D eigenvalue weighted by Crippen LogP contribution is -2.36. The Bertz CT molecular complexity index is 626. The van der Waals surface area contributed by atoms with E-state index in [1.807, 2.05) is 53.0 Å². The van der Waals surface area contributed by atoms with Crippen molar-refractivity contribution in [2.75, 3.05) is 0 Å². The Labute approximate surface area is 104 Å². The summed E-state index contributed by atoms with van der Waals surface area (Å²) in [5.74, 6) is 0. The van der Waals surface area contributed by atoms with Gasteiger partial charge in [0.1, 0.15) is 12.7 Å². The molecule has 0 unspecified atom stereocenters. The second kappa shape index (κ2) is 4.06. The maximum atomic E-state index is 4.16. The van der Waals surface area contributed by atoms with Gasteiger partial charge in [-0.2, -0.15) is 0 Å². The molecule has 2 aromatic heterocycles. The summed E-state index contributed by atoms with van der Waals surface area (Å²) in [6.45, 7) is 0. The number of hydrogen-bond donors (Lipinski definition) is 1. The lowest BCUT2D eigenvalue weighted by molar-refractivity contribution is -0.774. The van der Waals surface area contributed by atoms with Gasteiger partial charge in [0, 0.05) is 11.2 Å². The van der Waals surface area contributed by atoms with Crippen LogP contribution in [0.25, 0.3) is 11.4 Å². The van der Waals surface area contributed by atoms with E-state index in [9.17, 15) is 0 Å². The van der Waals surface area contributed by atoms with Crippen LogP contribution in [0, 0.1) is 0 Å². The van der Waals surface area contributed by atoms with Crippen LogP contribution < -0.4 is 13.8 Å². The number of aryl methyl sites for hydroxylation is 2. The summed E-state index contributed by atoms with van der Waals surface area (Å²) < 4.78 is 7.68. The molecule has 90 valence electrons. The van der Waals surface area contributed by atoms with Crippen molar-refractivity contribution in [1.82, 2.24) is 14.9 Å². The van der Waals surface area contributed by atoms with Crippen LogP contribution in [0.15, 0.2) is 49.6 Å². The fourth-order valence-electron chi connectivity index (χ4n) is 1.87. The lowest BCUT2D eigenvalue weighted by Gasteiger charge is -1.96. The second-order valence-electron chi connectivity index (χ2n) is 4.24. The van der Waals surface area contributed by atoms with Crippen LogP contribution in [-0.4, -0.2) is 14.9 Å². The van der Waals surface area contributed by atoms with Crippen LogP contribution in [0.2, 0.25) is 0 Å². The molecule has 3 aromatic rings. The maximum absolute atomic E-state index is 4.16. The molecule has 2 heterocycles. The smallest absolute Gasteiger partial charge is 0.203 e. The molecule has 0 aliphatic heterocycles. The van der Waals surface area contributed by atoms with Crippen molar-refractivity contribution in [2.24, 2.45) is 14.1 Å². The third-order valence-electron chi connectivity index (χ3n) is 2.77. The van der Waals surface area contributed by atoms with E-state index in [4.69, 9.17) is 0 Å². The van der Waals surface area contributed by atoms with Gasteiger partial charge in [-0.15, -0.1) is 9.25 Å². The number of nitrogens with one attached hydrogen (secondary N) is 1. The van der Waals surface area contributed by atoms with Crippen molar-refractivity contribution in [1.29, 1.82) is 0 Å². The van der Waals surface area contributed by atoms with Crippen molar-refractivity contribution in [3.8, 4) is 11.4 Å². The number of rotatable bonds is 2. The van der Waals surface area contributed by atoms with Crippen LogP contribution in [0.1, 0.15) is 0 Å². The quantitative estimate of drug-likeness (QED) is 0.584. The van der Waals surface area contributed by atoms with Gasteiger partial charge in [0.05, 0.1) is 7.05 Å². The Morgan fingerprint density at radius 3 is 2.61 bits per heavy atom. The molecule has 0 fully saturated rings. The zero-order chi connectivity index (χ0) is 12.5. The molecule has 0 saturated heterocycles. The van der Waals surface area contributed by atoms with E-state index >= 15 is 0 Å². The van der Waals surface area contributed by atoms with Gasteiger partial charge in [-0.3, -0.25) is 0 Å². The summed E-state index contributed by atoms with van der Waals surface area (Å²) in [5.41, 5.74) is 2.18. The fraction of sp³-hybridized carbons (Fsp3) is 0.167. The molecule has 6 nitrogen and oxygen atoms in total. The summed E-state index contributed by atoms with van der Waals surface area (Å²) in [6.07, 6.45) is 7.61. The first-order chi connectivity index (χ1) is 8.72. The summed E-state index contributed by atoms with van der Waals surface area (Å²) in [4.78, 5) is 0. The Kier molecular flexibility index (Phi) is 2.40. The molecule has 0 bridgehead atoms. The van der Waals surface area contributed by atoms with Gasteiger partial charge in [0.2, 0.25) is 6.33 Å². The van der Waals surface area contributed by atoms with Crippen molar-refractivity contribution in [3.05, 3.63) is 49.6 Å². The minimum Gasteiger partial charge on any atom is -0.203 e. The molecule has 1 N–H and O–H groups in total. The summed E-state index contributed by atoms with van der Waals surface area (Å²) in [7, 11) is 3.86. The van der Waals surface area contributed by atoms with Gasteiger partial charge in [0.25, 0.3) is 6.33 Å². The molecular weight excluding hydrogens is 228 g/mol. The minimum absolute atomic E-state index is 1.08. The number of H-pyrrole nitrogens is 1. The largest absolute Gasteiger partial charge is 0.350 e. The van der Waals surface area contributed by atoms with Crippen LogP contribution in [-0.2, 0) is 14.1 Å². The normalized spacial score (nSPS) is 10.8. The molecule has 18 heavy (non-hydrogen) atoms. The molecule has 0 aliphatic rings. The van der Waals surface area contributed by atoms with Crippen LogP contribution in [0.3, 0.4) is 0 Å². The number of hydrogen-bond acceptors (Lipinski definition) is 1. The standard InChI is InChI=1S/C12H14N6/c1-15-9-17(7-13-15)11-4-3-5-12(6-11)18-8-14-16(2)10-18/h3-10H,1-2H3/q+2/p+1. The molecule has 0 radical (unpaired) electrons. The van der Waals surface area contributed by atoms with Gasteiger partial charge in [-0.1, -0.05) is 6.07 Å². The highest BCUT2D eigenvalue weighted by Crippen LogP contribution is 2.03. The Hall–Kier alpha value is -2.50. The van der Waals surface area contributed by atoms with Gasteiger partial charge in [-0.25, -0.2) is 4.57 Å². The first kappa shape index (κ1) is 10.6. The summed E-state index contributed by atoms with van der Waals surface area (Å²) in [6, 6.07) is 8.26. The molecule has 6 heteroatoms. The van der Waals surface area contributed by atoms with E-state index < -0.39 is 0 Å². The molecule has 1 aromatic carbocycles. The number of aromatic amines is 1. The molecule has 0 spiro atoms. The first-order valence-corrected chi connectivity index (χ1v) is 5.68. The van der Waals surface area contributed by atoms with Gasteiger partial charge < -0.3 is 0 Å². The Morgan fingerprint density at radius 2 is 2.00 bits per heavy atom.